The first-order valence-corrected chi connectivity index (χ1v) is 4.12. The molecule has 6 nitrogen and oxygen atoms in total. The Hall–Kier alpha value is -1.05. The van der Waals surface area contributed by atoms with Gasteiger partial charge in [0.2, 0.25) is 0 Å². The Bertz CT molecular complexity index is 305. The van der Waals surface area contributed by atoms with Gasteiger partial charge in [-0.15, -0.1) is 0 Å². The molecule has 7 heteroatoms. The molecule has 12 heavy (non-hydrogen) atoms. The first-order valence-electron chi connectivity index (χ1n) is 3.03. The molecule has 0 bridgehead atoms. The highest BCUT2D eigenvalue weighted by atomic mass is 32.2. The van der Waals surface area contributed by atoms with Crippen LogP contribution in [0.15, 0.2) is 18.6 Å². The minimum atomic E-state index is -2.96. The summed E-state index contributed by atoms with van der Waals surface area (Å²) in [4.78, 5) is 7.45. The minimum absolute atomic E-state index is 0.275. The first kappa shape index (κ1) is 9.04. The fraction of sp³-hybridized carbons (Fsp3) is 0.200. The summed E-state index contributed by atoms with van der Waals surface area (Å²) in [5.41, 5.74) is 5.56. The summed E-state index contributed by atoms with van der Waals surface area (Å²) in [6.07, 6.45) is 3.12. The van der Waals surface area contributed by atoms with Crippen LogP contribution in [0.2, 0.25) is 0 Å². The van der Waals surface area contributed by atoms with Crippen LogP contribution in [0.25, 0.3) is 0 Å². The van der Waals surface area contributed by atoms with Crippen molar-refractivity contribution in [3.8, 4) is 0 Å². The largest absolute Gasteiger partial charge is 0.300 e. The molecule has 2 N–H and O–H groups in total. The van der Waals surface area contributed by atoms with Gasteiger partial charge in [0.1, 0.15) is 5.69 Å². The number of hydrogen-bond acceptors (Lipinski definition) is 6. The van der Waals surface area contributed by atoms with Crippen molar-refractivity contribution in [3.63, 3.8) is 0 Å². The predicted octanol–water partition coefficient (Wildman–Crippen LogP) is -1.02. The van der Waals surface area contributed by atoms with Gasteiger partial charge < -0.3 is 0 Å². The van der Waals surface area contributed by atoms with Gasteiger partial charge in [0.15, 0.2) is 6.23 Å². The van der Waals surface area contributed by atoms with Crippen LogP contribution in [0.3, 0.4) is 0 Å². The molecule has 0 saturated carbocycles. The van der Waals surface area contributed by atoms with Crippen molar-refractivity contribution in [1.29, 1.82) is 0 Å². The second-order valence-electron chi connectivity index (χ2n) is 1.88. The third-order valence-electron chi connectivity index (χ3n) is 1.07. The molecular weight excluding hydrogens is 182 g/mol. The van der Waals surface area contributed by atoms with Gasteiger partial charge in [0, 0.05) is 12.4 Å². The van der Waals surface area contributed by atoms with Gasteiger partial charge in [0.05, 0.1) is 6.20 Å². The fourth-order valence-electron chi connectivity index (χ4n) is 0.604. The quantitative estimate of drug-likeness (QED) is 0.466. The maximum Gasteiger partial charge on any atom is 0.259 e. The van der Waals surface area contributed by atoms with Crippen molar-refractivity contribution in [1.82, 2.24) is 9.97 Å². The summed E-state index contributed by atoms with van der Waals surface area (Å²) in [7, 11) is -2.96. The average molecular weight is 189 g/mol. The predicted molar refractivity (Wildman–Crippen MR) is 40.4 cm³/mol. The molecule has 0 aliphatic heterocycles. The highest BCUT2D eigenvalue weighted by molar-refractivity contribution is 7.67. The Labute approximate surface area is 70.6 Å². The van der Waals surface area contributed by atoms with Crippen LogP contribution in [-0.2, 0) is 15.2 Å². The lowest BCUT2D eigenvalue weighted by Crippen LogP contribution is -2.15. The van der Waals surface area contributed by atoms with E-state index in [0.29, 0.717) is 0 Å². The minimum Gasteiger partial charge on any atom is -0.300 e. The molecule has 0 radical (unpaired) electrons. The molecular formula is C5H7N3O3S. The van der Waals surface area contributed by atoms with Crippen molar-refractivity contribution in [3.05, 3.63) is 24.3 Å². The Morgan fingerprint density at radius 3 is 2.75 bits per heavy atom. The Kier molecular flexibility index (Phi) is 3.09. The first-order chi connectivity index (χ1) is 5.70. The zero-order valence-corrected chi connectivity index (χ0v) is 6.85. The molecule has 1 atom stereocenters. The van der Waals surface area contributed by atoms with E-state index < -0.39 is 17.2 Å². The van der Waals surface area contributed by atoms with Crippen molar-refractivity contribution in [2.45, 2.75) is 6.23 Å². The molecule has 0 saturated heterocycles. The van der Waals surface area contributed by atoms with E-state index in [-0.39, 0.29) is 5.69 Å². The second kappa shape index (κ2) is 4.10. The third-order valence-corrected chi connectivity index (χ3v) is 1.47. The number of aromatic nitrogens is 2. The van der Waals surface area contributed by atoms with E-state index in [1.807, 2.05) is 0 Å². The Balaban J connectivity index is 2.71. The van der Waals surface area contributed by atoms with Gasteiger partial charge >= 0.3 is 0 Å². The number of nitrogens with two attached hydrogens (primary N) is 1. The molecule has 1 rings (SSSR count). The lowest BCUT2D eigenvalue weighted by molar-refractivity contribution is 0.227. The van der Waals surface area contributed by atoms with Crippen LogP contribution in [0.5, 0.6) is 0 Å². The number of rotatable bonds is 3. The molecule has 1 heterocycles. The standard InChI is InChI=1S/C5H7N3O3S/c6-5(11-12(9)10)4-3-7-1-2-8-4/h1-3,5,12H,6H2. The van der Waals surface area contributed by atoms with Crippen LogP contribution in [0.4, 0.5) is 0 Å². The second-order valence-corrected chi connectivity index (χ2v) is 2.54. The smallest absolute Gasteiger partial charge is 0.259 e. The lowest BCUT2D eigenvalue weighted by atomic mass is 10.4. The molecule has 1 aromatic heterocycles. The Morgan fingerprint density at radius 2 is 2.25 bits per heavy atom. The molecule has 0 spiro atoms. The highest BCUT2D eigenvalue weighted by Crippen LogP contribution is 2.05. The maximum atomic E-state index is 10.1. The molecule has 0 aliphatic carbocycles. The van der Waals surface area contributed by atoms with Crippen LogP contribution in [0.1, 0.15) is 11.9 Å². The summed E-state index contributed by atoms with van der Waals surface area (Å²) in [6.45, 7) is 0. The number of thiol groups is 1. The van der Waals surface area contributed by atoms with Gasteiger partial charge in [-0.1, -0.05) is 0 Å². The van der Waals surface area contributed by atoms with Crippen LogP contribution in [-0.4, -0.2) is 18.4 Å². The van der Waals surface area contributed by atoms with Gasteiger partial charge in [-0.2, -0.15) is 0 Å². The molecule has 0 aliphatic rings. The molecule has 66 valence electrons. The number of nitrogens with zero attached hydrogens (tertiary/aromatic N) is 2. The molecule has 1 unspecified atom stereocenters. The van der Waals surface area contributed by atoms with E-state index in [0.717, 1.165) is 0 Å². The Morgan fingerprint density at radius 1 is 1.50 bits per heavy atom. The summed E-state index contributed by atoms with van der Waals surface area (Å²) in [6, 6.07) is 0. The van der Waals surface area contributed by atoms with Crippen LogP contribution >= 0.6 is 0 Å². The number of hydrogen-bond donors (Lipinski definition) is 2. The van der Waals surface area contributed by atoms with Crippen molar-refractivity contribution in [2.75, 3.05) is 0 Å². The molecule has 1 aromatic rings. The van der Waals surface area contributed by atoms with E-state index in [1.165, 1.54) is 18.6 Å². The van der Waals surface area contributed by atoms with E-state index in [9.17, 15) is 8.42 Å². The van der Waals surface area contributed by atoms with Crippen LogP contribution < -0.4 is 5.73 Å². The van der Waals surface area contributed by atoms with E-state index in [4.69, 9.17) is 5.73 Å². The SMILES string of the molecule is NC(O[SH](=O)=O)c1cnccn1. The van der Waals surface area contributed by atoms with Gasteiger partial charge in [-0.3, -0.25) is 15.7 Å². The molecule has 0 fully saturated rings. The molecule has 0 amide bonds. The maximum absolute atomic E-state index is 10.1. The zero-order chi connectivity index (χ0) is 8.97. The topological polar surface area (TPSA) is 95.2 Å². The van der Waals surface area contributed by atoms with Crippen LogP contribution in [0, 0.1) is 0 Å². The summed E-state index contributed by atoms with van der Waals surface area (Å²) >= 11 is 0. The summed E-state index contributed by atoms with van der Waals surface area (Å²) in [5.74, 6) is 0. The average Bonchev–Trinajstić information content (AvgIpc) is 2.05. The van der Waals surface area contributed by atoms with E-state index in [2.05, 4.69) is 14.2 Å². The molecule has 0 aromatic carbocycles. The van der Waals surface area contributed by atoms with Gasteiger partial charge in [0.25, 0.3) is 11.0 Å². The van der Waals surface area contributed by atoms with Crippen molar-refractivity contribution < 1.29 is 12.6 Å². The van der Waals surface area contributed by atoms with E-state index in [1.54, 1.807) is 0 Å². The van der Waals surface area contributed by atoms with Gasteiger partial charge in [-0.25, -0.2) is 12.6 Å². The van der Waals surface area contributed by atoms with Crippen molar-refractivity contribution >= 4 is 11.0 Å². The normalized spacial score (nSPS) is 13.2. The summed E-state index contributed by atoms with van der Waals surface area (Å²) < 4.78 is 24.4. The fourth-order valence-corrected chi connectivity index (χ4v) is 0.898. The highest BCUT2D eigenvalue weighted by Gasteiger charge is 2.07. The van der Waals surface area contributed by atoms with E-state index >= 15 is 0 Å². The monoisotopic (exact) mass is 189 g/mol. The lowest BCUT2D eigenvalue weighted by Gasteiger charge is -2.04. The zero-order valence-electron chi connectivity index (χ0n) is 5.95. The van der Waals surface area contributed by atoms with Gasteiger partial charge in [-0.05, 0) is 0 Å². The van der Waals surface area contributed by atoms with Crippen molar-refractivity contribution in [2.24, 2.45) is 5.73 Å². The summed E-state index contributed by atoms with van der Waals surface area (Å²) in [5, 5.41) is 0. The third kappa shape index (κ3) is 2.53.